The molecular formula is C14H14N4O2. The number of ether oxygens (including phenoxy) is 1. The number of aromatic nitrogens is 2. The number of carbonyl (C=O) groups excluding carboxylic acids is 1. The van der Waals surface area contributed by atoms with Crippen LogP contribution in [0.15, 0.2) is 43.0 Å². The van der Waals surface area contributed by atoms with Crippen LogP contribution in [0.4, 0.5) is 5.69 Å². The van der Waals surface area contributed by atoms with Gasteiger partial charge in [-0.25, -0.2) is 0 Å². The quantitative estimate of drug-likeness (QED) is 0.635. The summed E-state index contributed by atoms with van der Waals surface area (Å²) < 4.78 is 5.62. The highest BCUT2D eigenvalue weighted by atomic mass is 16.5. The zero-order valence-electron chi connectivity index (χ0n) is 10.7. The number of benzene rings is 1. The monoisotopic (exact) mass is 270 g/mol. The molecule has 0 saturated heterocycles. The lowest BCUT2D eigenvalue weighted by Crippen LogP contribution is -2.13. The van der Waals surface area contributed by atoms with Crippen LogP contribution in [0.5, 0.6) is 11.6 Å². The molecule has 102 valence electrons. The van der Waals surface area contributed by atoms with Gasteiger partial charge < -0.3 is 16.2 Å². The fourth-order valence-electron chi connectivity index (χ4n) is 1.63. The van der Waals surface area contributed by atoms with Crippen LogP contribution in [0.2, 0.25) is 0 Å². The number of hydrogen-bond donors (Lipinski definition) is 2. The highest BCUT2D eigenvalue weighted by Gasteiger charge is 2.08. The number of nitrogen functional groups attached to an aromatic ring is 1. The van der Waals surface area contributed by atoms with Gasteiger partial charge in [0.1, 0.15) is 5.75 Å². The number of carbonyl (C=O) groups is 1. The van der Waals surface area contributed by atoms with Gasteiger partial charge in [-0.3, -0.25) is 4.79 Å². The van der Waals surface area contributed by atoms with Crippen molar-refractivity contribution in [2.75, 3.05) is 5.73 Å². The predicted octanol–water partition coefficient (Wildman–Crippen LogP) is 1.68. The minimum absolute atomic E-state index is 0.0842. The second kappa shape index (κ2) is 5.83. The smallest absolute Gasteiger partial charge is 0.269 e. The maximum atomic E-state index is 10.9. The lowest BCUT2D eigenvalue weighted by molar-refractivity contribution is 0.0994. The Bertz CT molecular complexity index is 638. The van der Waals surface area contributed by atoms with Gasteiger partial charge in [0.25, 0.3) is 5.91 Å². The third kappa shape index (κ3) is 3.11. The zero-order chi connectivity index (χ0) is 14.5. The van der Waals surface area contributed by atoms with Crippen molar-refractivity contribution in [2.24, 2.45) is 5.73 Å². The number of nitrogens with two attached hydrogens (primary N) is 2. The molecule has 0 bridgehead atoms. The normalized spacial score (nSPS) is 10.0. The summed E-state index contributed by atoms with van der Waals surface area (Å²) in [6.45, 7) is 3.69. The van der Waals surface area contributed by atoms with Gasteiger partial charge in [0.05, 0.1) is 0 Å². The van der Waals surface area contributed by atoms with E-state index in [0.717, 1.165) is 5.56 Å². The van der Waals surface area contributed by atoms with Crippen molar-refractivity contribution < 1.29 is 9.53 Å². The van der Waals surface area contributed by atoms with E-state index >= 15 is 0 Å². The molecule has 6 heteroatoms. The van der Waals surface area contributed by atoms with E-state index in [-0.39, 0.29) is 11.6 Å². The molecule has 0 aliphatic heterocycles. The maximum Gasteiger partial charge on any atom is 0.269 e. The van der Waals surface area contributed by atoms with E-state index in [4.69, 9.17) is 16.2 Å². The summed E-state index contributed by atoms with van der Waals surface area (Å²) in [4.78, 5) is 10.9. The van der Waals surface area contributed by atoms with Crippen LogP contribution in [0.1, 0.15) is 16.1 Å². The summed E-state index contributed by atoms with van der Waals surface area (Å²) in [5.41, 5.74) is 12.4. The highest BCUT2D eigenvalue weighted by Crippen LogP contribution is 2.26. The largest absolute Gasteiger partial charge is 0.437 e. The number of allylic oxidation sites excluding steroid dienone is 1. The zero-order valence-corrected chi connectivity index (χ0v) is 10.7. The van der Waals surface area contributed by atoms with Crippen molar-refractivity contribution >= 4 is 11.6 Å². The van der Waals surface area contributed by atoms with Crippen LogP contribution in [-0.2, 0) is 6.42 Å². The molecule has 6 nitrogen and oxygen atoms in total. The number of amides is 1. The predicted molar refractivity (Wildman–Crippen MR) is 75.4 cm³/mol. The lowest BCUT2D eigenvalue weighted by atomic mass is 10.1. The molecule has 1 amide bonds. The Kier molecular flexibility index (Phi) is 3.95. The number of nitrogens with zero attached hydrogens (tertiary/aromatic N) is 2. The standard InChI is InChI=1S/C14H14N4O2/c1-2-3-9-8-10(15)4-6-12(9)20-13-7-5-11(14(16)19)17-18-13/h2,4-8H,1,3,15H2,(H2,16,19). The van der Waals surface area contributed by atoms with Gasteiger partial charge in [0.2, 0.25) is 5.88 Å². The van der Waals surface area contributed by atoms with Crippen LogP contribution < -0.4 is 16.2 Å². The Morgan fingerprint density at radius 2 is 2.10 bits per heavy atom. The summed E-state index contributed by atoms with van der Waals surface area (Å²) in [5, 5.41) is 7.46. The van der Waals surface area contributed by atoms with Crippen LogP contribution in [0, 0.1) is 0 Å². The van der Waals surface area contributed by atoms with Crippen LogP contribution in [0.25, 0.3) is 0 Å². The summed E-state index contributed by atoms with van der Waals surface area (Å²) in [7, 11) is 0. The van der Waals surface area contributed by atoms with Crippen molar-refractivity contribution in [3.63, 3.8) is 0 Å². The first kappa shape index (κ1) is 13.5. The number of rotatable bonds is 5. The first-order valence-electron chi connectivity index (χ1n) is 5.91. The summed E-state index contributed by atoms with van der Waals surface area (Å²) in [5.74, 6) is 0.245. The first-order valence-corrected chi connectivity index (χ1v) is 5.91. The molecule has 2 rings (SSSR count). The Balaban J connectivity index is 2.25. The first-order chi connectivity index (χ1) is 9.60. The molecule has 0 radical (unpaired) electrons. The Labute approximate surface area is 116 Å². The van der Waals surface area contributed by atoms with E-state index in [2.05, 4.69) is 16.8 Å². The fraction of sp³-hybridized carbons (Fsp3) is 0.0714. The topological polar surface area (TPSA) is 104 Å². The minimum atomic E-state index is -0.635. The van der Waals surface area contributed by atoms with Crippen molar-refractivity contribution in [3.05, 3.63) is 54.2 Å². The summed E-state index contributed by atoms with van der Waals surface area (Å²) in [6, 6.07) is 8.27. The Morgan fingerprint density at radius 3 is 2.70 bits per heavy atom. The van der Waals surface area contributed by atoms with Gasteiger partial charge in [0, 0.05) is 17.3 Å². The van der Waals surface area contributed by atoms with Gasteiger partial charge in [0.15, 0.2) is 5.69 Å². The molecule has 0 aliphatic rings. The molecule has 0 spiro atoms. The average molecular weight is 270 g/mol. The molecule has 0 fully saturated rings. The van der Waals surface area contributed by atoms with Crippen molar-refractivity contribution in [3.8, 4) is 11.6 Å². The third-order valence-electron chi connectivity index (χ3n) is 2.56. The summed E-state index contributed by atoms with van der Waals surface area (Å²) >= 11 is 0. The highest BCUT2D eigenvalue weighted by molar-refractivity contribution is 5.90. The van der Waals surface area contributed by atoms with Gasteiger partial charge in [-0.05, 0) is 30.7 Å². The van der Waals surface area contributed by atoms with Gasteiger partial charge >= 0.3 is 0 Å². The van der Waals surface area contributed by atoms with Gasteiger partial charge in [-0.15, -0.1) is 16.8 Å². The fourth-order valence-corrected chi connectivity index (χ4v) is 1.63. The van der Waals surface area contributed by atoms with Gasteiger partial charge in [-0.1, -0.05) is 6.08 Å². The van der Waals surface area contributed by atoms with Gasteiger partial charge in [-0.2, -0.15) is 0 Å². The van der Waals surface area contributed by atoms with E-state index in [1.807, 2.05) is 6.07 Å². The van der Waals surface area contributed by atoms with Crippen molar-refractivity contribution in [2.45, 2.75) is 6.42 Å². The molecule has 0 saturated carbocycles. The van der Waals surface area contributed by atoms with Crippen molar-refractivity contribution in [1.82, 2.24) is 10.2 Å². The second-order valence-corrected chi connectivity index (χ2v) is 4.08. The molecule has 20 heavy (non-hydrogen) atoms. The van der Waals surface area contributed by atoms with Crippen LogP contribution in [-0.4, -0.2) is 16.1 Å². The van der Waals surface area contributed by atoms with E-state index in [1.54, 1.807) is 18.2 Å². The Morgan fingerprint density at radius 1 is 1.30 bits per heavy atom. The minimum Gasteiger partial charge on any atom is -0.437 e. The van der Waals surface area contributed by atoms with E-state index in [1.165, 1.54) is 12.1 Å². The van der Waals surface area contributed by atoms with Crippen LogP contribution >= 0.6 is 0 Å². The molecule has 0 atom stereocenters. The SMILES string of the molecule is C=CCc1cc(N)ccc1Oc1ccc(C(N)=O)nn1. The maximum absolute atomic E-state index is 10.9. The number of anilines is 1. The molecule has 0 unspecified atom stereocenters. The molecule has 2 aromatic rings. The third-order valence-corrected chi connectivity index (χ3v) is 2.56. The molecule has 1 aromatic carbocycles. The molecular weight excluding hydrogens is 256 g/mol. The molecule has 0 aliphatic carbocycles. The summed E-state index contributed by atoms with van der Waals surface area (Å²) in [6.07, 6.45) is 2.37. The molecule has 1 heterocycles. The number of hydrogen-bond acceptors (Lipinski definition) is 5. The lowest BCUT2D eigenvalue weighted by Gasteiger charge is -2.09. The van der Waals surface area contributed by atoms with E-state index in [9.17, 15) is 4.79 Å². The molecule has 4 N–H and O–H groups in total. The van der Waals surface area contributed by atoms with Crippen molar-refractivity contribution in [1.29, 1.82) is 0 Å². The Hall–Kier alpha value is -2.89. The number of primary amides is 1. The van der Waals surface area contributed by atoms with E-state index < -0.39 is 5.91 Å². The second-order valence-electron chi connectivity index (χ2n) is 4.08. The van der Waals surface area contributed by atoms with E-state index in [0.29, 0.717) is 17.9 Å². The van der Waals surface area contributed by atoms with Crippen LogP contribution in [0.3, 0.4) is 0 Å². The average Bonchev–Trinajstić information content (AvgIpc) is 2.43. The molecule has 1 aromatic heterocycles.